The number of hydrogen-bond acceptors (Lipinski definition) is 2. The molecule has 0 bridgehead atoms. The smallest absolute Gasteiger partial charge is 0.274 e. The molecular weight excluding hydrogens is 250 g/mol. The molecule has 0 radical (unpaired) electrons. The van der Waals surface area contributed by atoms with Crippen molar-refractivity contribution in [2.75, 3.05) is 17.2 Å². The predicted molar refractivity (Wildman–Crippen MR) is 81.0 cm³/mol. The van der Waals surface area contributed by atoms with Crippen LogP contribution >= 0.6 is 0 Å². The molecule has 2 N–H and O–H groups in total. The minimum Gasteiger partial charge on any atom is -0.397 e. The van der Waals surface area contributed by atoms with Gasteiger partial charge >= 0.3 is 0 Å². The highest BCUT2D eigenvalue weighted by molar-refractivity contribution is 6.06. The number of aromatic nitrogens is 1. The maximum atomic E-state index is 12.7. The number of fused-ring (bicyclic) bond motifs is 1. The highest BCUT2D eigenvalue weighted by Gasteiger charge is 2.25. The summed E-state index contributed by atoms with van der Waals surface area (Å²) in [6.45, 7) is 2.85. The monoisotopic (exact) mass is 269 g/mol. The Hall–Kier alpha value is -2.23. The van der Waals surface area contributed by atoms with Crippen LogP contribution in [0.2, 0.25) is 0 Å². The molecule has 3 rings (SSSR count). The molecule has 4 heteroatoms. The van der Waals surface area contributed by atoms with Gasteiger partial charge in [0.2, 0.25) is 0 Å². The molecule has 0 fully saturated rings. The molecule has 0 saturated heterocycles. The lowest BCUT2D eigenvalue weighted by atomic mass is 9.99. The summed E-state index contributed by atoms with van der Waals surface area (Å²) in [6, 6.07) is 8.02. The SMILES string of the molecule is Cc1ccc2c(c1)CCCN2C(=O)c1cc(N)cn1C. The van der Waals surface area contributed by atoms with Gasteiger partial charge in [-0.25, -0.2) is 0 Å². The molecule has 0 atom stereocenters. The average Bonchev–Trinajstić information content (AvgIpc) is 2.76. The van der Waals surface area contributed by atoms with E-state index < -0.39 is 0 Å². The zero-order valence-corrected chi connectivity index (χ0v) is 11.9. The first-order valence-electron chi connectivity index (χ1n) is 6.89. The van der Waals surface area contributed by atoms with Crippen LogP contribution in [0.3, 0.4) is 0 Å². The number of nitrogen functional groups attached to an aromatic ring is 1. The number of benzene rings is 1. The normalized spacial score (nSPS) is 14.2. The van der Waals surface area contributed by atoms with Gasteiger partial charge in [0.1, 0.15) is 5.69 Å². The lowest BCUT2D eigenvalue weighted by Crippen LogP contribution is -2.36. The minimum atomic E-state index is 0.0222. The van der Waals surface area contributed by atoms with Crippen LogP contribution < -0.4 is 10.6 Å². The summed E-state index contributed by atoms with van der Waals surface area (Å²) in [5.41, 5.74) is 10.6. The molecular formula is C16H19N3O. The van der Waals surface area contributed by atoms with Crippen molar-refractivity contribution in [3.63, 3.8) is 0 Å². The highest BCUT2D eigenvalue weighted by Crippen LogP contribution is 2.29. The lowest BCUT2D eigenvalue weighted by Gasteiger charge is -2.29. The van der Waals surface area contributed by atoms with Crippen molar-refractivity contribution < 1.29 is 4.79 Å². The third-order valence-electron chi connectivity index (χ3n) is 3.84. The highest BCUT2D eigenvalue weighted by atomic mass is 16.2. The molecule has 1 amide bonds. The zero-order chi connectivity index (χ0) is 14.3. The fraction of sp³-hybridized carbons (Fsp3) is 0.312. The Kier molecular flexibility index (Phi) is 3.01. The van der Waals surface area contributed by atoms with E-state index in [0.29, 0.717) is 11.4 Å². The van der Waals surface area contributed by atoms with Crippen molar-refractivity contribution in [1.82, 2.24) is 4.57 Å². The maximum absolute atomic E-state index is 12.7. The van der Waals surface area contributed by atoms with Crippen LogP contribution in [-0.4, -0.2) is 17.0 Å². The van der Waals surface area contributed by atoms with Crippen LogP contribution in [0.4, 0.5) is 11.4 Å². The largest absolute Gasteiger partial charge is 0.397 e. The van der Waals surface area contributed by atoms with E-state index in [1.807, 2.05) is 18.0 Å². The van der Waals surface area contributed by atoms with Crippen molar-refractivity contribution in [3.05, 3.63) is 47.3 Å². The molecule has 1 aliphatic heterocycles. The Bertz CT molecular complexity index is 672. The predicted octanol–water partition coefficient (Wildman–Crippen LogP) is 2.51. The van der Waals surface area contributed by atoms with Crippen LogP contribution in [0.5, 0.6) is 0 Å². The topological polar surface area (TPSA) is 51.3 Å². The Morgan fingerprint density at radius 1 is 1.30 bits per heavy atom. The second kappa shape index (κ2) is 4.71. The van der Waals surface area contributed by atoms with Crippen molar-refractivity contribution >= 4 is 17.3 Å². The molecule has 0 unspecified atom stereocenters. The Morgan fingerprint density at radius 2 is 2.10 bits per heavy atom. The van der Waals surface area contributed by atoms with Gasteiger partial charge in [-0.1, -0.05) is 17.7 Å². The molecule has 104 valence electrons. The number of anilines is 2. The Labute approximate surface area is 118 Å². The van der Waals surface area contributed by atoms with Crippen LogP contribution in [0.25, 0.3) is 0 Å². The van der Waals surface area contributed by atoms with Gasteiger partial charge in [0.05, 0.1) is 5.69 Å². The van der Waals surface area contributed by atoms with Gasteiger partial charge in [0, 0.05) is 25.5 Å². The molecule has 0 spiro atoms. The Morgan fingerprint density at radius 3 is 2.80 bits per heavy atom. The van der Waals surface area contributed by atoms with Gasteiger partial charge in [-0.2, -0.15) is 0 Å². The number of aryl methyl sites for hydroxylation is 3. The first-order chi connectivity index (χ1) is 9.56. The van der Waals surface area contributed by atoms with Gasteiger partial charge < -0.3 is 15.2 Å². The third kappa shape index (κ3) is 2.07. The van der Waals surface area contributed by atoms with E-state index in [-0.39, 0.29) is 5.91 Å². The van der Waals surface area contributed by atoms with Gasteiger partial charge in [-0.05, 0) is 37.5 Å². The number of nitrogens with zero attached hydrogens (tertiary/aromatic N) is 2. The lowest BCUT2D eigenvalue weighted by molar-refractivity contribution is 0.0977. The molecule has 2 heterocycles. The molecule has 4 nitrogen and oxygen atoms in total. The number of carbonyl (C=O) groups is 1. The van der Waals surface area contributed by atoms with E-state index in [1.54, 1.807) is 16.8 Å². The summed E-state index contributed by atoms with van der Waals surface area (Å²) in [4.78, 5) is 14.6. The van der Waals surface area contributed by atoms with Crippen LogP contribution in [0, 0.1) is 6.92 Å². The first kappa shape index (κ1) is 12.8. The fourth-order valence-electron chi connectivity index (χ4n) is 2.88. The van der Waals surface area contributed by atoms with Crippen molar-refractivity contribution in [2.24, 2.45) is 7.05 Å². The first-order valence-corrected chi connectivity index (χ1v) is 6.89. The van der Waals surface area contributed by atoms with E-state index in [0.717, 1.165) is 25.1 Å². The summed E-state index contributed by atoms with van der Waals surface area (Å²) < 4.78 is 1.79. The van der Waals surface area contributed by atoms with E-state index in [9.17, 15) is 4.79 Å². The van der Waals surface area contributed by atoms with Gasteiger partial charge in [0.25, 0.3) is 5.91 Å². The third-order valence-corrected chi connectivity index (χ3v) is 3.84. The molecule has 0 aliphatic carbocycles. The summed E-state index contributed by atoms with van der Waals surface area (Å²) in [5.74, 6) is 0.0222. The van der Waals surface area contributed by atoms with Gasteiger partial charge in [0.15, 0.2) is 0 Å². The Balaban J connectivity index is 2.00. The van der Waals surface area contributed by atoms with E-state index >= 15 is 0 Å². The summed E-state index contributed by atoms with van der Waals surface area (Å²) >= 11 is 0. The van der Waals surface area contributed by atoms with Crippen LogP contribution in [-0.2, 0) is 13.5 Å². The second-order valence-electron chi connectivity index (χ2n) is 5.46. The van der Waals surface area contributed by atoms with E-state index in [4.69, 9.17) is 5.73 Å². The van der Waals surface area contributed by atoms with Crippen molar-refractivity contribution in [3.8, 4) is 0 Å². The molecule has 1 aromatic carbocycles. The van der Waals surface area contributed by atoms with Crippen molar-refractivity contribution in [1.29, 1.82) is 0 Å². The minimum absolute atomic E-state index is 0.0222. The molecule has 2 aromatic rings. The number of hydrogen-bond donors (Lipinski definition) is 1. The van der Waals surface area contributed by atoms with Crippen molar-refractivity contribution in [2.45, 2.75) is 19.8 Å². The summed E-state index contributed by atoms with van der Waals surface area (Å²) in [6.07, 6.45) is 3.81. The zero-order valence-electron chi connectivity index (χ0n) is 11.9. The van der Waals surface area contributed by atoms with Gasteiger partial charge in [-0.3, -0.25) is 4.79 Å². The van der Waals surface area contributed by atoms with Gasteiger partial charge in [-0.15, -0.1) is 0 Å². The molecule has 1 aliphatic rings. The van der Waals surface area contributed by atoms with Crippen LogP contribution in [0.1, 0.15) is 28.0 Å². The number of nitrogens with two attached hydrogens (primary N) is 1. The maximum Gasteiger partial charge on any atom is 0.274 e. The average molecular weight is 269 g/mol. The number of rotatable bonds is 1. The number of carbonyl (C=O) groups excluding carboxylic acids is 1. The number of amides is 1. The standard InChI is InChI=1S/C16H19N3O/c1-11-5-6-14-12(8-11)4-3-7-19(14)16(20)15-9-13(17)10-18(15)2/h5-6,8-10H,3-4,7,17H2,1-2H3. The molecule has 0 saturated carbocycles. The summed E-state index contributed by atoms with van der Waals surface area (Å²) in [7, 11) is 1.85. The van der Waals surface area contributed by atoms with E-state index in [2.05, 4.69) is 19.1 Å². The summed E-state index contributed by atoms with van der Waals surface area (Å²) in [5, 5.41) is 0. The van der Waals surface area contributed by atoms with E-state index in [1.165, 1.54) is 11.1 Å². The molecule has 1 aromatic heterocycles. The molecule has 20 heavy (non-hydrogen) atoms. The quantitative estimate of drug-likeness (QED) is 0.864. The fourth-order valence-corrected chi connectivity index (χ4v) is 2.88. The van der Waals surface area contributed by atoms with Crippen LogP contribution in [0.15, 0.2) is 30.5 Å². The second-order valence-corrected chi connectivity index (χ2v) is 5.46.